The van der Waals surface area contributed by atoms with Crippen LogP contribution in [0.1, 0.15) is 16.2 Å². The fraction of sp³-hybridized carbons (Fsp3) is 0.0417. The van der Waals surface area contributed by atoms with Crippen LogP contribution in [0.2, 0.25) is 0 Å². The summed E-state index contributed by atoms with van der Waals surface area (Å²) in [5, 5.41) is 6.06. The second-order valence-electron chi connectivity index (χ2n) is 6.72. The average Bonchev–Trinajstić information content (AvgIpc) is 2.79. The third-order valence-corrected chi connectivity index (χ3v) is 4.55. The number of aromatic amines is 1. The van der Waals surface area contributed by atoms with Gasteiger partial charge in [-0.3, -0.25) is 14.6 Å². The Labute approximate surface area is 173 Å². The van der Waals surface area contributed by atoms with Crippen LogP contribution in [0.5, 0.6) is 0 Å². The van der Waals surface area contributed by atoms with E-state index in [-0.39, 0.29) is 23.7 Å². The summed E-state index contributed by atoms with van der Waals surface area (Å²) in [4.78, 5) is 30.2. The molecule has 0 saturated heterocycles. The highest BCUT2D eigenvalue weighted by Crippen LogP contribution is 2.23. The smallest absolute Gasteiger partial charge is 0.268 e. The van der Waals surface area contributed by atoms with Gasteiger partial charge < -0.3 is 15.6 Å². The molecule has 30 heavy (non-hydrogen) atoms. The number of hydrogen-bond acceptors (Lipinski definition) is 4. The molecule has 0 aliphatic rings. The topological polar surface area (TPSA) is 86.9 Å². The third kappa shape index (κ3) is 4.80. The van der Waals surface area contributed by atoms with Crippen molar-refractivity contribution in [1.82, 2.24) is 15.3 Å². The number of anilines is 2. The van der Waals surface area contributed by atoms with E-state index in [0.29, 0.717) is 5.69 Å². The van der Waals surface area contributed by atoms with Crippen molar-refractivity contribution in [3.05, 3.63) is 113 Å². The number of rotatable bonds is 6. The number of amides is 1. The summed E-state index contributed by atoms with van der Waals surface area (Å²) < 4.78 is 0. The Kier molecular flexibility index (Phi) is 5.66. The molecule has 0 saturated carbocycles. The Balaban J connectivity index is 1.34. The van der Waals surface area contributed by atoms with Gasteiger partial charge >= 0.3 is 0 Å². The van der Waals surface area contributed by atoms with Crippen LogP contribution < -0.4 is 16.2 Å². The first-order valence-corrected chi connectivity index (χ1v) is 9.52. The van der Waals surface area contributed by atoms with E-state index in [1.54, 1.807) is 18.3 Å². The van der Waals surface area contributed by atoms with E-state index < -0.39 is 0 Å². The molecule has 2 aromatic carbocycles. The maximum absolute atomic E-state index is 12.1. The Bertz CT molecular complexity index is 1180. The standard InChI is InChI=1S/C24H20N4O2/c29-23-8-4-7-22(28-23)24(30)26-15-20-13-14-21(16-25-20)27-19-11-9-18(10-12-19)17-5-2-1-3-6-17/h1-14,16,27H,15H2,(H,26,30)(H,28,29). The predicted molar refractivity (Wildman–Crippen MR) is 118 cm³/mol. The van der Waals surface area contributed by atoms with Crippen molar-refractivity contribution >= 4 is 17.3 Å². The van der Waals surface area contributed by atoms with Crippen molar-refractivity contribution in [3.8, 4) is 11.1 Å². The van der Waals surface area contributed by atoms with Crippen LogP contribution in [0.25, 0.3) is 11.1 Å². The lowest BCUT2D eigenvalue weighted by Crippen LogP contribution is -2.26. The molecule has 0 atom stereocenters. The molecule has 0 fully saturated rings. The number of benzene rings is 2. The van der Waals surface area contributed by atoms with Crippen LogP contribution in [0, 0.1) is 0 Å². The lowest BCUT2D eigenvalue weighted by atomic mass is 10.1. The Morgan fingerprint density at radius 2 is 1.53 bits per heavy atom. The Morgan fingerprint density at radius 1 is 0.800 bits per heavy atom. The zero-order valence-electron chi connectivity index (χ0n) is 16.1. The van der Waals surface area contributed by atoms with Gasteiger partial charge in [0.1, 0.15) is 5.69 Å². The van der Waals surface area contributed by atoms with E-state index in [9.17, 15) is 9.59 Å². The second kappa shape index (κ2) is 8.87. The molecule has 0 bridgehead atoms. The van der Waals surface area contributed by atoms with E-state index in [4.69, 9.17) is 0 Å². The van der Waals surface area contributed by atoms with E-state index in [0.717, 1.165) is 16.9 Å². The molecule has 0 aliphatic heterocycles. The number of H-pyrrole nitrogens is 1. The first-order valence-electron chi connectivity index (χ1n) is 9.52. The Morgan fingerprint density at radius 3 is 2.23 bits per heavy atom. The number of carbonyl (C=O) groups excluding carboxylic acids is 1. The normalized spacial score (nSPS) is 10.4. The monoisotopic (exact) mass is 396 g/mol. The molecular formula is C24H20N4O2. The summed E-state index contributed by atoms with van der Waals surface area (Å²) in [6.07, 6.45) is 1.72. The Hall–Kier alpha value is -4.19. The molecule has 4 rings (SSSR count). The minimum Gasteiger partial charge on any atom is -0.354 e. The molecule has 6 heteroatoms. The molecule has 148 valence electrons. The molecule has 3 N–H and O–H groups in total. The molecule has 0 unspecified atom stereocenters. The van der Waals surface area contributed by atoms with Crippen molar-refractivity contribution in [3.63, 3.8) is 0 Å². The van der Waals surface area contributed by atoms with Gasteiger partial charge in [0.2, 0.25) is 5.56 Å². The highest BCUT2D eigenvalue weighted by atomic mass is 16.2. The van der Waals surface area contributed by atoms with Gasteiger partial charge in [-0.05, 0) is 41.5 Å². The van der Waals surface area contributed by atoms with E-state index in [1.807, 2.05) is 42.5 Å². The molecule has 2 heterocycles. The van der Waals surface area contributed by atoms with Crippen molar-refractivity contribution in [2.75, 3.05) is 5.32 Å². The summed E-state index contributed by atoms with van der Waals surface area (Å²) in [6, 6.07) is 26.6. The lowest BCUT2D eigenvalue weighted by Gasteiger charge is -2.09. The summed E-state index contributed by atoms with van der Waals surface area (Å²) in [5.41, 5.74) is 4.77. The van der Waals surface area contributed by atoms with Crippen LogP contribution in [0.15, 0.2) is 95.9 Å². The average molecular weight is 396 g/mol. The number of nitrogens with zero attached hydrogens (tertiary/aromatic N) is 1. The zero-order valence-corrected chi connectivity index (χ0v) is 16.1. The van der Waals surface area contributed by atoms with Gasteiger partial charge in [0.15, 0.2) is 0 Å². The van der Waals surface area contributed by atoms with Gasteiger partial charge in [-0.15, -0.1) is 0 Å². The quantitative estimate of drug-likeness (QED) is 0.458. The first-order chi connectivity index (χ1) is 14.7. The summed E-state index contributed by atoms with van der Waals surface area (Å²) in [5.74, 6) is -0.352. The highest BCUT2D eigenvalue weighted by molar-refractivity contribution is 5.92. The van der Waals surface area contributed by atoms with Crippen LogP contribution >= 0.6 is 0 Å². The maximum atomic E-state index is 12.1. The fourth-order valence-corrected chi connectivity index (χ4v) is 2.99. The summed E-state index contributed by atoms with van der Waals surface area (Å²) >= 11 is 0. The summed E-state index contributed by atoms with van der Waals surface area (Å²) in [7, 11) is 0. The SMILES string of the molecule is O=C(NCc1ccc(Nc2ccc(-c3ccccc3)cc2)cn1)c1cccc(=O)[nH]1. The van der Waals surface area contributed by atoms with Crippen LogP contribution in [-0.4, -0.2) is 15.9 Å². The molecular weight excluding hydrogens is 376 g/mol. The third-order valence-electron chi connectivity index (χ3n) is 4.55. The minimum atomic E-state index is -0.352. The fourth-order valence-electron chi connectivity index (χ4n) is 2.99. The number of hydrogen-bond donors (Lipinski definition) is 3. The van der Waals surface area contributed by atoms with Crippen LogP contribution in [0.4, 0.5) is 11.4 Å². The second-order valence-corrected chi connectivity index (χ2v) is 6.72. The minimum absolute atomic E-state index is 0.222. The molecule has 0 aliphatic carbocycles. The van der Waals surface area contributed by atoms with E-state index in [2.05, 4.69) is 44.9 Å². The van der Waals surface area contributed by atoms with Crippen LogP contribution in [-0.2, 0) is 6.54 Å². The maximum Gasteiger partial charge on any atom is 0.268 e. The van der Waals surface area contributed by atoms with Crippen molar-refractivity contribution in [1.29, 1.82) is 0 Å². The van der Waals surface area contributed by atoms with Gasteiger partial charge in [-0.2, -0.15) is 0 Å². The molecule has 6 nitrogen and oxygen atoms in total. The number of carbonyl (C=O) groups is 1. The van der Waals surface area contributed by atoms with E-state index in [1.165, 1.54) is 11.6 Å². The molecule has 4 aromatic rings. The first kappa shape index (κ1) is 19.1. The van der Waals surface area contributed by atoms with Gasteiger partial charge in [0, 0.05) is 11.8 Å². The molecule has 0 radical (unpaired) electrons. The number of pyridine rings is 2. The highest BCUT2D eigenvalue weighted by Gasteiger charge is 2.06. The van der Waals surface area contributed by atoms with Crippen molar-refractivity contribution in [2.45, 2.75) is 6.54 Å². The lowest BCUT2D eigenvalue weighted by molar-refractivity contribution is 0.0945. The number of aromatic nitrogens is 2. The molecule has 2 aromatic heterocycles. The van der Waals surface area contributed by atoms with Gasteiger partial charge in [-0.25, -0.2) is 0 Å². The molecule has 0 spiro atoms. The number of nitrogens with one attached hydrogen (secondary N) is 3. The van der Waals surface area contributed by atoms with Gasteiger partial charge in [0.05, 0.1) is 24.1 Å². The molecule has 1 amide bonds. The largest absolute Gasteiger partial charge is 0.354 e. The van der Waals surface area contributed by atoms with Crippen LogP contribution in [0.3, 0.4) is 0 Å². The van der Waals surface area contributed by atoms with Gasteiger partial charge in [-0.1, -0.05) is 48.5 Å². The van der Waals surface area contributed by atoms with Gasteiger partial charge in [0.25, 0.3) is 5.91 Å². The van der Waals surface area contributed by atoms with Crippen molar-refractivity contribution < 1.29 is 4.79 Å². The zero-order chi connectivity index (χ0) is 20.8. The summed E-state index contributed by atoms with van der Waals surface area (Å²) in [6.45, 7) is 0.266. The predicted octanol–water partition coefficient (Wildman–Crippen LogP) is 4.11. The van der Waals surface area contributed by atoms with E-state index >= 15 is 0 Å². The van der Waals surface area contributed by atoms with Crippen molar-refractivity contribution in [2.24, 2.45) is 0 Å².